The normalized spacial score (nSPS) is 16.5. The Bertz CT molecular complexity index is 1000. The van der Waals surface area contributed by atoms with Crippen LogP contribution >= 0.6 is 0 Å². The fourth-order valence-corrected chi connectivity index (χ4v) is 3.64. The summed E-state index contributed by atoms with van der Waals surface area (Å²) in [7, 11) is 3.19. The monoisotopic (exact) mass is 393 g/mol. The summed E-state index contributed by atoms with van der Waals surface area (Å²) in [6.45, 7) is 1.24. The van der Waals surface area contributed by atoms with Gasteiger partial charge in [-0.05, 0) is 37.1 Å². The third-order valence-corrected chi connectivity index (χ3v) is 5.16. The van der Waals surface area contributed by atoms with Crippen molar-refractivity contribution in [2.24, 2.45) is 0 Å². The van der Waals surface area contributed by atoms with Crippen LogP contribution in [0, 0.1) is 0 Å². The molecule has 150 valence electrons. The standard InChI is InChI=1S/C22H23N3O4/c1-27-17-9-5-7-15(13-17)20-23-21(29-24-20)16-8-6-12-25(14-16)22(26)18-10-3-4-11-19(18)28-2/h3-5,7,9-11,13,16H,6,8,12,14H2,1-2H3/t16-/m0/s1. The number of rotatable bonds is 5. The van der Waals surface area contributed by atoms with Crippen molar-refractivity contribution >= 4 is 5.91 Å². The minimum atomic E-state index is -0.0420. The zero-order chi connectivity index (χ0) is 20.2. The van der Waals surface area contributed by atoms with E-state index in [9.17, 15) is 4.79 Å². The number of piperidine rings is 1. The van der Waals surface area contributed by atoms with Gasteiger partial charge in [-0.1, -0.05) is 29.4 Å². The second kappa shape index (κ2) is 8.34. The molecule has 1 aromatic heterocycles. The minimum absolute atomic E-state index is 0.00858. The van der Waals surface area contributed by atoms with Crippen molar-refractivity contribution in [2.45, 2.75) is 18.8 Å². The number of carbonyl (C=O) groups is 1. The molecule has 3 aromatic rings. The van der Waals surface area contributed by atoms with Gasteiger partial charge in [-0.25, -0.2) is 0 Å². The average molecular weight is 393 g/mol. The number of hydrogen-bond donors (Lipinski definition) is 0. The lowest BCUT2D eigenvalue weighted by molar-refractivity contribution is 0.0692. The Morgan fingerprint density at radius 3 is 2.83 bits per heavy atom. The van der Waals surface area contributed by atoms with Crippen LogP contribution in [-0.4, -0.2) is 48.3 Å². The number of benzene rings is 2. The predicted octanol–water partition coefficient (Wildman–Crippen LogP) is 3.77. The molecule has 1 atom stereocenters. The third kappa shape index (κ3) is 3.94. The fraction of sp³-hybridized carbons (Fsp3) is 0.318. The molecule has 0 bridgehead atoms. The Morgan fingerprint density at radius 2 is 2.00 bits per heavy atom. The zero-order valence-corrected chi connectivity index (χ0v) is 16.5. The highest BCUT2D eigenvalue weighted by Gasteiger charge is 2.30. The zero-order valence-electron chi connectivity index (χ0n) is 16.5. The second-order valence-electron chi connectivity index (χ2n) is 6.98. The van der Waals surface area contributed by atoms with E-state index in [0.29, 0.717) is 36.1 Å². The van der Waals surface area contributed by atoms with Crippen LogP contribution in [0.1, 0.15) is 35.0 Å². The Hall–Kier alpha value is -3.35. The van der Waals surface area contributed by atoms with Gasteiger partial charge in [0.25, 0.3) is 5.91 Å². The van der Waals surface area contributed by atoms with Crippen LogP contribution in [-0.2, 0) is 0 Å². The summed E-state index contributed by atoms with van der Waals surface area (Å²) in [4.78, 5) is 19.4. The van der Waals surface area contributed by atoms with Gasteiger partial charge < -0.3 is 18.9 Å². The first-order valence-electron chi connectivity index (χ1n) is 9.60. The molecule has 1 fully saturated rings. The molecule has 7 heteroatoms. The number of hydrogen-bond acceptors (Lipinski definition) is 6. The van der Waals surface area contributed by atoms with E-state index >= 15 is 0 Å². The van der Waals surface area contributed by atoms with Crippen LogP contribution in [0.2, 0.25) is 0 Å². The molecule has 29 heavy (non-hydrogen) atoms. The number of methoxy groups -OCH3 is 2. The first-order chi connectivity index (χ1) is 14.2. The number of nitrogens with zero attached hydrogens (tertiary/aromatic N) is 3. The highest BCUT2D eigenvalue weighted by atomic mass is 16.5. The van der Waals surface area contributed by atoms with Crippen LogP contribution in [0.4, 0.5) is 0 Å². The molecule has 0 unspecified atom stereocenters. The average Bonchev–Trinajstić information content (AvgIpc) is 3.29. The molecular formula is C22H23N3O4. The largest absolute Gasteiger partial charge is 0.497 e. The lowest BCUT2D eigenvalue weighted by Crippen LogP contribution is -2.39. The second-order valence-corrected chi connectivity index (χ2v) is 6.98. The van der Waals surface area contributed by atoms with Gasteiger partial charge in [0.2, 0.25) is 11.7 Å². The molecule has 0 aliphatic carbocycles. The molecule has 2 aromatic carbocycles. The number of aromatic nitrogens is 2. The van der Waals surface area contributed by atoms with Crippen molar-refractivity contribution in [2.75, 3.05) is 27.3 Å². The van der Waals surface area contributed by atoms with E-state index in [1.807, 2.05) is 41.3 Å². The first kappa shape index (κ1) is 19.0. The van der Waals surface area contributed by atoms with Crippen molar-refractivity contribution < 1.29 is 18.8 Å². The van der Waals surface area contributed by atoms with Crippen molar-refractivity contribution in [3.63, 3.8) is 0 Å². The summed E-state index contributed by atoms with van der Waals surface area (Å²) in [6.07, 6.45) is 1.78. The summed E-state index contributed by atoms with van der Waals surface area (Å²) in [5, 5.41) is 4.13. The molecule has 0 N–H and O–H groups in total. The van der Waals surface area contributed by atoms with E-state index in [-0.39, 0.29) is 11.8 Å². The molecule has 1 amide bonds. The van der Waals surface area contributed by atoms with Crippen molar-refractivity contribution in [3.8, 4) is 22.9 Å². The van der Waals surface area contributed by atoms with Crippen molar-refractivity contribution in [1.29, 1.82) is 0 Å². The summed E-state index contributed by atoms with van der Waals surface area (Å²) in [5.41, 5.74) is 1.40. The van der Waals surface area contributed by atoms with E-state index < -0.39 is 0 Å². The lowest BCUT2D eigenvalue weighted by Gasteiger charge is -2.31. The SMILES string of the molecule is COc1cccc(-c2noc([C@H]3CCCN(C(=O)c4ccccc4OC)C3)n2)c1. The molecule has 0 spiro atoms. The van der Waals surface area contributed by atoms with E-state index in [0.717, 1.165) is 24.2 Å². The summed E-state index contributed by atoms with van der Waals surface area (Å²) < 4.78 is 16.1. The van der Waals surface area contributed by atoms with Crippen LogP contribution < -0.4 is 9.47 Å². The van der Waals surface area contributed by atoms with Gasteiger partial charge in [-0.3, -0.25) is 4.79 Å². The summed E-state index contributed by atoms with van der Waals surface area (Å²) in [6, 6.07) is 14.8. The molecule has 7 nitrogen and oxygen atoms in total. The van der Waals surface area contributed by atoms with Crippen LogP contribution in [0.3, 0.4) is 0 Å². The third-order valence-electron chi connectivity index (χ3n) is 5.16. The molecule has 1 saturated heterocycles. The van der Waals surface area contributed by atoms with E-state index in [1.165, 1.54) is 0 Å². The molecule has 1 aliphatic heterocycles. The van der Waals surface area contributed by atoms with Crippen molar-refractivity contribution in [1.82, 2.24) is 15.0 Å². The van der Waals surface area contributed by atoms with Gasteiger partial charge in [0.05, 0.1) is 25.7 Å². The van der Waals surface area contributed by atoms with E-state index in [4.69, 9.17) is 14.0 Å². The summed E-state index contributed by atoms with van der Waals surface area (Å²) in [5.74, 6) is 2.36. The number of amides is 1. The maximum absolute atomic E-state index is 13.0. The van der Waals surface area contributed by atoms with E-state index in [2.05, 4.69) is 10.1 Å². The molecule has 1 aliphatic rings. The smallest absolute Gasteiger partial charge is 0.257 e. The minimum Gasteiger partial charge on any atom is -0.497 e. The van der Waals surface area contributed by atoms with Gasteiger partial charge in [0.1, 0.15) is 11.5 Å². The number of ether oxygens (including phenoxy) is 2. The Balaban J connectivity index is 1.52. The predicted molar refractivity (Wildman–Crippen MR) is 107 cm³/mol. The van der Waals surface area contributed by atoms with E-state index in [1.54, 1.807) is 26.4 Å². The van der Waals surface area contributed by atoms with Crippen molar-refractivity contribution in [3.05, 3.63) is 60.0 Å². The Morgan fingerprint density at radius 1 is 1.14 bits per heavy atom. The lowest BCUT2D eigenvalue weighted by atomic mass is 9.97. The van der Waals surface area contributed by atoms with Crippen LogP contribution in [0.5, 0.6) is 11.5 Å². The topological polar surface area (TPSA) is 77.7 Å². The van der Waals surface area contributed by atoms with Gasteiger partial charge in [-0.15, -0.1) is 0 Å². The Labute approximate surface area is 169 Å². The highest BCUT2D eigenvalue weighted by molar-refractivity contribution is 5.97. The fourth-order valence-electron chi connectivity index (χ4n) is 3.64. The van der Waals surface area contributed by atoms with Crippen LogP contribution in [0.15, 0.2) is 53.1 Å². The molecule has 2 heterocycles. The van der Waals surface area contributed by atoms with Gasteiger partial charge in [0, 0.05) is 18.7 Å². The van der Waals surface area contributed by atoms with Gasteiger partial charge >= 0.3 is 0 Å². The van der Waals surface area contributed by atoms with Gasteiger partial charge in [-0.2, -0.15) is 4.98 Å². The van der Waals surface area contributed by atoms with Crippen LogP contribution in [0.25, 0.3) is 11.4 Å². The number of likely N-dealkylation sites (tertiary alicyclic amines) is 1. The quantitative estimate of drug-likeness (QED) is 0.657. The molecule has 0 saturated carbocycles. The maximum Gasteiger partial charge on any atom is 0.257 e. The first-order valence-corrected chi connectivity index (χ1v) is 9.60. The van der Waals surface area contributed by atoms with Gasteiger partial charge in [0.15, 0.2) is 0 Å². The summed E-state index contributed by atoms with van der Waals surface area (Å²) >= 11 is 0. The number of para-hydroxylation sites is 1. The highest BCUT2D eigenvalue weighted by Crippen LogP contribution is 2.30. The molecule has 0 radical (unpaired) electrons. The molecule has 4 rings (SSSR count). The maximum atomic E-state index is 13.0. The Kier molecular flexibility index (Phi) is 5.46. The molecular weight excluding hydrogens is 370 g/mol. The number of carbonyl (C=O) groups excluding carboxylic acids is 1.